The van der Waals surface area contributed by atoms with Gasteiger partial charge in [0.05, 0.1) is 6.42 Å². The number of aromatic nitrogens is 1. The van der Waals surface area contributed by atoms with Gasteiger partial charge in [-0.25, -0.2) is 0 Å². The highest BCUT2D eigenvalue weighted by molar-refractivity contribution is 5.66. The smallest absolute Gasteiger partial charge is 0.421 e. The van der Waals surface area contributed by atoms with Crippen LogP contribution in [0.3, 0.4) is 0 Å². The molecule has 0 spiro atoms. The summed E-state index contributed by atoms with van der Waals surface area (Å²) in [6.07, 6.45) is -3.99. The van der Waals surface area contributed by atoms with Crippen LogP contribution in [0.25, 0.3) is 0 Å². The summed E-state index contributed by atoms with van der Waals surface area (Å²) in [5.41, 5.74) is -2.52. The molecule has 0 saturated heterocycles. The molecule has 0 atom stereocenters. The number of nitrogens with zero attached hydrogens (tertiary/aromatic N) is 1. The minimum Gasteiger partial charge on any atom is -0.481 e. The number of hydrogen-bond donors (Lipinski definition) is 1. The predicted octanol–water partition coefficient (Wildman–Crippen LogP) is 1.34. The molecule has 0 unspecified atom stereocenters. The predicted molar refractivity (Wildman–Crippen MR) is 48.0 cm³/mol. The number of pyridine rings is 1. The summed E-state index contributed by atoms with van der Waals surface area (Å²) in [5, 5.41) is 8.36. The third-order valence-electron chi connectivity index (χ3n) is 1.89. The Balaban J connectivity index is 3.05. The van der Waals surface area contributed by atoms with Crippen molar-refractivity contribution < 1.29 is 23.1 Å². The quantitative estimate of drug-likeness (QED) is 0.860. The minimum absolute atomic E-state index is 0.280. The van der Waals surface area contributed by atoms with Crippen molar-refractivity contribution in [3.8, 4) is 0 Å². The number of aryl methyl sites for hydroxylation is 1. The van der Waals surface area contributed by atoms with Crippen LogP contribution in [-0.2, 0) is 17.5 Å². The Labute approximate surface area is 87.9 Å². The van der Waals surface area contributed by atoms with Crippen LogP contribution in [0.1, 0.15) is 12.0 Å². The first-order chi connectivity index (χ1) is 7.32. The van der Waals surface area contributed by atoms with E-state index in [0.29, 0.717) is 6.07 Å². The molecule has 7 heteroatoms. The summed E-state index contributed by atoms with van der Waals surface area (Å²) in [7, 11) is 0. The van der Waals surface area contributed by atoms with E-state index in [0.717, 1.165) is 16.8 Å². The Hall–Kier alpha value is -1.79. The molecule has 88 valence electrons. The molecule has 0 aromatic carbocycles. The number of carbonyl (C=O) groups is 1. The molecule has 0 aliphatic carbocycles. The lowest BCUT2D eigenvalue weighted by molar-refractivity contribution is -0.139. The van der Waals surface area contributed by atoms with Crippen molar-refractivity contribution in [2.45, 2.75) is 19.1 Å². The van der Waals surface area contributed by atoms with E-state index in [1.54, 1.807) is 0 Å². The first kappa shape index (κ1) is 12.3. The van der Waals surface area contributed by atoms with Gasteiger partial charge < -0.3 is 9.67 Å². The summed E-state index contributed by atoms with van der Waals surface area (Å²) in [6, 6.07) is 1.73. The van der Waals surface area contributed by atoms with Gasteiger partial charge in [0, 0.05) is 12.7 Å². The number of alkyl halides is 3. The van der Waals surface area contributed by atoms with E-state index in [1.165, 1.54) is 0 Å². The Bertz CT molecular complexity index is 450. The van der Waals surface area contributed by atoms with E-state index < -0.39 is 29.7 Å². The molecule has 4 nitrogen and oxygen atoms in total. The van der Waals surface area contributed by atoms with Crippen LogP contribution in [0, 0.1) is 0 Å². The summed E-state index contributed by atoms with van der Waals surface area (Å²) in [4.78, 5) is 21.5. The number of carboxylic acids is 1. The molecule has 0 aliphatic heterocycles. The van der Waals surface area contributed by atoms with Gasteiger partial charge in [0.2, 0.25) is 0 Å². The van der Waals surface area contributed by atoms with Crippen molar-refractivity contribution in [2.75, 3.05) is 0 Å². The van der Waals surface area contributed by atoms with Gasteiger partial charge in [-0.3, -0.25) is 9.59 Å². The maximum absolute atomic E-state index is 12.3. The molecular formula is C9H8F3NO3. The monoisotopic (exact) mass is 235 g/mol. The number of halogens is 3. The Morgan fingerprint density at radius 2 is 2.06 bits per heavy atom. The van der Waals surface area contributed by atoms with Gasteiger partial charge in [0.25, 0.3) is 5.56 Å². The maximum Gasteiger partial charge on any atom is 0.421 e. The molecule has 0 aliphatic rings. The second-order valence-electron chi connectivity index (χ2n) is 3.06. The molecule has 1 N–H and O–H groups in total. The fourth-order valence-electron chi connectivity index (χ4n) is 1.14. The fourth-order valence-corrected chi connectivity index (χ4v) is 1.14. The van der Waals surface area contributed by atoms with Crippen LogP contribution in [0.2, 0.25) is 0 Å². The van der Waals surface area contributed by atoms with Crippen LogP contribution in [-0.4, -0.2) is 15.6 Å². The first-order valence-electron chi connectivity index (χ1n) is 4.31. The van der Waals surface area contributed by atoms with Crippen LogP contribution >= 0.6 is 0 Å². The van der Waals surface area contributed by atoms with E-state index in [4.69, 9.17) is 5.11 Å². The van der Waals surface area contributed by atoms with E-state index in [1.807, 2.05) is 0 Å². The SMILES string of the molecule is O=C(O)CCn1cccc(C(F)(F)F)c1=O. The van der Waals surface area contributed by atoms with Gasteiger partial charge in [-0.05, 0) is 12.1 Å². The normalized spacial score (nSPS) is 11.4. The van der Waals surface area contributed by atoms with Crippen molar-refractivity contribution in [3.63, 3.8) is 0 Å². The lowest BCUT2D eigenvalue weighted by atomic mass is 10.2. The minimum atomic E-state index is -4.72. The summed E-state index contributed by atoms with van der Waals surface area (Å²) in [6.45, 7) is -0.280. The number of carboxylic acid groups (broad SMARTS) is 1. The highest BCUT2D eigenvalue weighted by Crippen LogP contribution is 2.25. The molecule has 1 aromatic heterocycles. The van der Waals surface area contributed by atoms with E-state index >= 15 is 0 Å². The maximum atomic E-state index is 12.3. The summed E-state index contributed by atoms with van der Waals surface area (Å²) >= 11 is 0. The van der Waals surface area contributed by atoms with E-state index in [-0.39, 0.29) is 6.54 Å². The second kappa shape index (κ2) is 4.38. The molecule has 0 amide bonds. The zero-order chi connectivity index (χ0) is 12.3. The molecule has 1 aromatic rings. The molecule has 0 radical (unpaired) electrons. The Morgan fingerprint density at radius 1 is 1.44 bits per heavy atom. The molecule has 0 saturated carbocycles. The number of aliphatic carboxylic acids is 1. The number of rotatable bonds is 3. The average molecular weight is 235 g/mol. The van der Waals surface area contributed by atoms with Gasteiger partial charge >= 0.3 is 12.1 Å². The standard InChI is InChI=1S/C9H8F3NO3/c10-9(11,12)6-2-1-4-13(8(6)16)5-3-7(14)15/h1-2,4H,3,5H2,(H,14,15). The summed E-state index contributed by atoms with van der Waals surface area (Å²) in [5.74, 6) is -1.18. The Morgan fingerprint density at radius 3 is 2.56 bits per heavy atom. The van der Waals surface area contributed by atoms with Crippen molar-refractivity contribution in [1.29, 1.82) is 0 Å². The zero-order valence-corrected chi connectivity index (χ0v) is 7.99. The van der Waals surface area contributed by atoms with Crippen LogP contribution < -0.4 is 5.56 Å². The van der Waals surface area contributed by atoms with Gasteiger partial charge in [-0.2, -0.15) is 13.2 Å². The largest absolute Gasteiger partial charge is 0.481 e. The third kappa shape index (κ3) is 2.85. The highest BCUT2D eigenvalue weighted by Gasteiger charge is 2.34. The molecule has 0 fully saturated rings. The van der Waals surface area contributed by atoms with Gasteiger partial charge in [0.1, 0.15) is 5.56 Å². The molecule has 1 heterocycles. The van der Waals surface area contributed by atoms with Crippen molar-refractivity contribution >= 4 is 5.97 Å². The number of hydrogen-bond acceptors (Lipinski definition) is 2. The molecule has 0 bridgehead atoms. The van der Waals surface area contributed by atoms with E-state index in [9.17, 15) is 22.8 Å². The van der Waals surface area contributed by atoms with Crippen molar-refractivity contribution in [1.82, 2.24) is 4.57 Å². The molecule has 16 heavy (non-hydrogen) atoms. The lowest BCUT2D eigenvalue weighted by Crippen LogP contribution is -2.28. The lowest BCUT2D eigenvalue weighted by Gasteiger charge is -2.08. The van der Waals surface area contributed by atoms with Gasteiger partial charge in [-0.1, -0.05) is 0 Å². The van der Waals surface area contributed by atoms with Crippen LogP contribution in [0.4, 0.5) is 13.2 Å². The third-order valence-corrected chi connectivity index (χ3v) is 1.89. The summed E-state index contributed by atoms with van der Waals surface area (Å²) < 4.78 is 37.6. The second-order valence-corrected chi connectivity index (χ2v) is 3.06. The van der Waals surface area contributed by atoms with Crippen LogP contribution in [0.15, 0.2) is 23.1 Å². The Kier molecular flexibility index (Phi) is 3.36. The van der Waals surface area contributed by atoms with Crippen LogP contribution in [0.5, 0.6) is 0 Å². The first-order valence-corrected chi connectivity index (χ1v) is 4.31. The average Bonchev–Trinajstić information content (AvgIpc) is 2.14. The van der Waals surface area contributed by atoms with Crippen molar-refractivity contribution in [2.24, 2.45) is 0 Å². The van der Waals surface area contributed by atoms with Crippen molar-refractivity contribution in [3.05, 3.63) is 34.2 Å². The highest BCUT2D eigenvalue weighted by atomic mass is 19.4. The zero-order valence-electron chi connectivity index (χ0n) is 7.99. The van der Waals surface area contributed by atoms with E-state index in [2.05, 4.69) is 0 Å². The van der Waals surface area contributed by atoms with Gasteiger partial charge in [-0.15, -0.1) is 0 Å². The molecule has 1 rings (SSSR count). The molecular weight excluding hydrogens is 227 g/mol. The fraction of sp³-hybridized carbons (Fsp3) is 0.333. The van der Waals surface area contributed by atoms with Gasteiger partial charge in [0.15, 0.2) is 0 Å². The topological polar surface area (TPSA) is 59.3 Å².